The molecule has 2 rings (SSSR count). The molecule has 0 bridgehead atoms. The lowest BCUT2D eigenvalue weighted by Crippen LogP contribution is -2.24. The number of rotatable bonds is 7. The molecule has 2 aromatic rings. The highest BCUT2D eigenvalue weighted by atomic mass is 19.3. The molecule has 0 spiro atoms. The van der Waals surface area contributed by atoms with Gasteiger partial charge in [0.25, 0.3) is 5.91 Å². The maximum atomic E-state index is 12.6. The maximum Gasteiger partial charge on any atom is 0.387 e. The van der Waals surface area contributed by atoms with E-state index in [-0.39, 0.29) is 23.6 Å². The van der Waals surface area contributed by atoms with E-state index in [1.165, 1.54) is 32.4 Å². The first kappa shape index (κ1) is 19.2. The first-order valence-electron chi connectivity index (χ1n) is 7.53. The van der Waals surface area contributed by atoms with Crippen molar-refractivity contribution in [3.05, 3.63) is 59.2 Å². The third-order valence-electron chi connectivity index (χ3n) is 3.48. The van der Waals surface area contributed by atoms with Crippen LogP contribution < -0.4 is 14.8 Å². The van der Waals surface area contributed by atoms with Gasteiger partial charge >= 0.3 is 12.6 Å². The molecule has 0 radical (unpaired) electrons. The Hall–Kier alpha value is -3.16. The molecule has 2 aromatic carbocycles. The number of benzene rings is 2. The van der Waals surface area contributed by atoms with Crippen molar-refractivity contribution in [2.24, 2.45) is 0 Å². The average molecular weight is 365 g/mol. The fraction of sp³-hybridized carbons (Fsp3) is 0.222. The Morgan fingerprint density at radius 3 is 2.35 bits per heavy atom. The number of carbonyl (C=O) groups excluding carboxylic acids is 2. The van der Waals surface area contributed by atoms with E-state index in [1.54, 1.807) is 24.3 Å². The number of nitrogens with one attached hydrogen (secondary N) is 1. The van der Waals surface area contributed by atoms with Gasteiger partial charge in [-0.05, 0) is 29.8 Å². The van der Waals surface area contributed by atoms with E-state index < -0.39 is 18.5 Å². The predicted molar refractivity (Wildman–Crippen MR) is 88.6 cm³/mol. The topological polar surface area (TPSA) is 73.9 Å². The van der Waals surface area contributed by atoms with Crippen LogP contribution in [0.3, 0.4) is 0 Å². The van der Waals surface area contributed by atoms with Crippen molar-refractivity contribution in [1.82, 2.24) is 5.32 Å². The van der Waals surface area contributed by atoms with E-state index >= 15 is 0 Å². The Morgan fingerprint density at radius 1 is 1.08 bits per heavy atom. The molecule has 138 valence electrons. The van der Waals surface area contributed by atoms with Crippen LogP contribution >= 0.6 is 0 Å². The maximum absolute atomic E-state index is 12.6. The summed E-state index contributed by atoms with van der Waals surface area (Å²) < 4.78 is 39.2. The van der Waals surface area contributed by atoms with Crippen LogP contribution in [-0.4, -0.2) is 32.7 Å². The molecule has 0 atom stereocenters. The summed E-state index contributed by atoms with van der Waals surface area (Å²) in [6.07, 6.45) is 0. The molecule has 8 heteroatoms. The van der Waals surface area contributed by atoms with Gasteiger partial charge in [-0.2, -0.15) is 8.78 Å². The molecule has 0 saturated carbocycles. The predicted octanol–water partition coefficient (Wildman–Crippen LogP) is 3.01. The molecule has 0 aliphatic rings. The van der Waals surface area contributed by atoms with Gasteiger partial charge in [-0.15, -0.1) is 0 Å². The summed E-state index contributed by atoms with van der Waals surface area (Å²) in [7, 11) is 2.57. The molecule has 6 nitrogen and oxygen atoms in total. The summed E-state index contributed by atoms with van der Waals surface area (Å²) in [4.78, 5) is 23.7. The van der Waals surface area contributed by atoms with Crippen LogP contribution in [0.2, 0.25) is 0 Å². The van der Waals surface area contributed by atoms with Crippen LogP contribution in [0.5, 0.6) is 11.5 Å². The third kappa shape index (κ3) is 4.69. The average Bonchev–Trinajstić information content (AvgIpc) is 2.65. The first-order valence-corrected chi connectivity index (χ1v) is 7.53. The Morgan fingerprint density at radius 2 is 1.77 bits per heavy atom. The van der Waals surface area contributed by atoms with E-state index in [0.29, 0.717) is 11.1 Å². The number of hydrogen-bond donors (Lipinski definition) is 1. The summed E-state index contributed by atoms with van der Waals surface area (Å²) in [6.45, 7) is -2.96. The van der Waals surface area contributed by atoms with Crippen LogP contribution in [0.4, 0.5) is 8.78 Å². The number of ether oxygens (including phenoxy) is 3. The van der Waals surface area contributed by atoms with Crippen molar-refractivity contribution in [2.45, 2.75) is 13.2 Å². The molecule has 0 saturated heterocycles. The van der Waals surface area contributed by atoms with E-state index in [2.05, 4.69) is 14.8 Å². The van der Waals surface area contributed by atoms with Crippen molar-refractivity contribution in [2.75, 3.05) is 14.2 Å². The fourth-order valence-electron chi connectivity index (χ4n) is 2.22. The van der Waals surface area contributed by atoms with Gasteiger partial charge in [0, 0.05) is 6.54 Å². The molecule has 0 aliphatic carbocycles. The molecule has 0 heterocycles. The smallest absolute Gasteiger partial charge is 0.387 e. The molecule has 0 aromatic heterocycles. The third-order valence-corrected chi connectivity index (χ3v) is 3.48. The lowest BCUT2D eigenvalue weighted by molar-refractivity contribution is -0.0515. The zero-order valence-electron chi connectivity index (χ0n) is 14.1. The Bertz CT molecular complexity index is 778. The summed E-state index contributed by atoms with van der Waals surface area (Å²) in [6, 6.07) is 10.7. The number of hydrogen-bond acceptors (Lipinski definition) is 5. The number of carbonyl (C=O) groups is 2. The second kappa shape index (κ2) is 8.80. The standard InChI is InChI=1S/C18H17F2NO5/c1-24-14-5-3-4-13(15(14)26-18(19)20)16(22)21-10-11-6-8-12(9-7-11)17(23)25-2/h3-9,18H,10H2,1-2H3,(H,21,22). The minimum atomic E-state index is -3.09. The van der Waals surface area contributed by atoms with Crippen LogP contribution in [-0.2, 0) is 11.3 Å². The molecular formula is C18H17F2NO5. The molecule has 1 N–H and O–H groups in total. The van der Waals surface area contributed by atoms with Crippen molar-refractivity contribution in [3.63, 3.8) is 0 Å². The molecule has 0 aliphatic heterocycles. The van der Waals surface area contributed by atoms with E-state index in [4.69, 9.17) is 4.74 Å². The molecule has 1 amide bonds. The van der Waals surface area contributed by atoms with Gasteiger partial charge < -0.3 is 19.5 Å². The van der Waals surface area contributed by atoms with Gasteiger partial charge in [-0.3, -0.25) is 4.79 Å². The highest BCUT2D eigenvalue weighted by Crippen LogP contribution is 2.32. The summed E-state index contributed by atoms with van der Waals surface area (Å²) in [5.41, 5.74) is 1.02. The zero-order chi connectivity index (χ0) is 19.1. The number of alkyl halides is 2. The van der Waals surface area contributed by atoms with Crippen LogP contribution in [0, 0.1) is 0 Å². The summed E-state index contributed by atoms with van der Waals surface area (Å²) in [5.74, 6) is -1.37. The normalized spacial score (nSPS) is 10.3. The van der Waals surface area contributed by atoms with Crippen LogP contribution in [0.1, 0.15) is 26.3 Å². The van der Waals surface area contributed by atoms with Gasteiger partial charge in [0.05, 0.1) is 25.3 Å². The van der Waals surface area contributed by atoms with Gasteiger partial charge in [-0.1, -0.05) is 18.2 Å². The van der Waals surface area contributed by atoms with Gasteiger partial charge in [0.1, 0.15) is 0 Å². The lowest BCUT2D eigenvalue weighted by atomic mass is 10.1. The van der Waals surface area contributed by atoms with Crippen molar-refractivity contribution in [1.29, 1.82) is 0 Å². The number of methoxy groups -OCH3 is 2. The summed E-state index contributed by atoms with van der Waals surface area (Å²) >= 11 is 0. The second-order valence-corrected chi connectivity index (χ2v) is 5.09. The Labute approximate surface area is 148 Å². The fourth-order valence-corrected chi connectivity index (χ4v) is 2.22. The molecule has 0 unspecified atom stereocenters. The van der Waals surface area contributed by atoms with E-state index in [9.17, 15) is 18.4 Å². The second-order valence-electron chi connectivity index (χ2n) is 5.09. The van der Waals surface area contributed by atoms with Crippen LogP contribution in [0.15, 0.2) is 42.5 Å². The highest BCUT2D eigenvalue weighted by molar-refractivity contribution is 5.97. The molecule has 26 heavy (non-hydrogen) atoms. The number of esters is 1. The van der Waals surface area contributed by atoms with E-state index in [0.717, 1.165) is 0 Å². The van der Waals surface area contributed by atoms with Gasteiger partial charge in [-0.25, -0.2) is 4.79 Å². The zero-order valence-corrected chi connectivity index (χ0v) is 14.1. The SMILES string of the molecule is COC(=O)c1ccc(CNC(=O)c2cccc(OC)c2OC(F)F)cc1. The van der Waals surface area contributed by atoms with Crippen molar-refractivity contribution in [3.8, 4) is 11.5 Å². The van der Waals surface area contributed by atoms with Crippen molar-refractivity contribution >= 4 is 11.9 Å². The first-order chi connectivity index (χ1) is 12.5. The highest BCUT2D eigenvalue weighted by Gasteiger charge is 2.20. The van der Waals surface area contributed by atoms with Gasteiger partial charge in [0.15, 0.2) is 11.5 Å². The number of para-hydroxylation sites is 1. The quantitative estimate of drug-likeness (QED) is 0.764. The lowest BCUT2D eigenvalue weighted by Gasteiger charge is -2.14. The summed E-state index contributed by atoms with van der Waals surface area (Å²) in [5, 5.41) is 2.61. The van der Waals surface area contributed by atoms with E-state index in [1.807, 2.05) is 0 Å². The van der Waals surface area contributed by atoms with Crippen LogP contribution in [0.25, 0.3) is 0 Å². The van der Waals surface area contributed by atoms with Gasteiger partial charge in [0.2, 0.25) is 0 Å². The Kier molecular flexibility index (Phi) is 6.48. The number of halogens is 2. The minimum Gasteiger partial charge on any atom is -0.493 e. The van der Waals surface area contributed by atoms with Crippen molar-refractivity contribution < 1.29 is 32.6 Å². The molecule has 0 fully saturated rings. The number of amides is 1. The monoisotopic (exact) mass is 365 g/mol. The largest absolute Gasteiger partial charge is 0.493 e. The minimum absolute atomic E-state index is 0.0281. The molecular weight excluding hydrogens is 348 g/mol. The Balaban J connectivity index is 2.11.